The van der Waals surface area contributed by atoms with Crippen molar-refractivity contribution in [1.82, 2.24) is 9.80 Å². The number of carbonyl (C=O) groups is 1. The molecule has 0 aromatic heterocycles. The van der Waals surface area contributed by atoms with E-state index >= 15 is 0 Å². The van der Waals surface area contributed by atoms with Crippen LogP contribution in [0.2, 0.25) is 0 Å². The van der Waals surface area contributed by atoms with E-state index in [4.69, 9.17) is 5.11 Å². The highest BCUT2D eigenvalue weighted by molar-refractivity contribution is 5.66. The van der Waals surface area contributed by atoms with Gasteiger partial charge in [0.05, 0.1) is 0 Å². The molecule has 1 atom stereocenters. The average Bonchev–Trinajstić information content (AvgIpc) is 2.27. The average molecular weight is 242 g/mol. The van der Waals surface area contributed by atoms with Gasteiger partial charge in [-0.05, 0) is 59.4 Å². The summed E-state index contributed by atoms with van der Waals surface area (Å²) in [6, 6.07) is 0.727. The first-order valence-electron chi connectivity index (χ1n) is 6.70. The third kappa shape index (κ3) is 6.03. The first-order valence-corrected chi connectivity index (χ1v) is 6.70. The van der Waals surface area contributed by atoms with Gasteiger partial charge < -0.3 is 14.9 Å². The van der Waals surface area contributed by atoms with Crippen LogP contribution in [0.25, 0.3) is 0 Å². The van der Waals surface area contributed by atoms with Crippen LogP contribution in [-0.2, 0) is 4.79 Å². The van der Waals surface area contributed by atoms with E-state index in [-0.39, 0.29) is 6.42 Å². The van der Waals surface area contributed by atoms with Gasteiger partial charge in [-0.2, -0.15) is 0 Å². The van der Waals surface area contributed by atoms with E-state index in [0.29, 0.717) is 0 Å². The maximum atomic E-state index is 10.4. The maximum Gasteiger partial charge on any atom is 0.303 e. The summed E-state index contributed by atoms with van der Waals surface area (Å²) in [5, 5.41) is 8.57. The third-order valence-corrected chi connectivity index (χ3v) is 3.70. The first-order chi connectivity index (χ1) is 8.09. The van der Waals surface area contributed by atoms with Crippen molar-refractivity contribution in [2.75, 3.05) is 33.7 Å². The molecular weight excluding hydrogens is 216 g/mol. The molecular formula is C13H26N2O2. The van der Waals surface area contributed by atoms with Crippen LogP contribution >= 0.6 is 0 Å². The second kappa shape index (κ2) is 7.67. The Kier molecular flexibility index (Phi) is 6.52. The molecule has 0 bridgehead atoms. The number of nitrogens with zero attached hydrogens (tertiary/aromatic N) is 2. The lowest BCUT2D eigenvalue weighted by Gasteiger charge is -2.33. The molecule has 1 heterocycles. The Morgan fingerprint density at radius 2 is 2.18 bits per heavy atom. The van der Waals surface area contributed by atoms with E-state index in [9.17, 15) is 4.79 Å². The lowest BCUT2D eigenvalue weighted by molar-refractivity contribution is -0.137. The molecule has 4 nitrogen and oxygen atoms in total. The zero-order valence-electron chi connectivity index (χ0n) is 11.2. The molecule has 17 heavy (non-hydrogen) atoms. The summed E-state index contributed by atoms with van der Waals surface area (Å²) in [5.74, 6) is -0.689. The molecule has 100 valence electrons. The molecule has 1 aliphatic rings. The van der Waals surface area contributed by atoms with Crippen LogP contribution in [0.4, 0.5) is 0 Å². The Hall–Kier alpha value is -0.610. The van der Waals surface area contributed by atoms with E-state index in [0.717, 1.165) is 25.6 Å². The molecule has 1 saturated heterocycles. The molecule has 1 rings (SSSR count). The number of aliphatic carboxylic acids is 1. The van der Waals surface area contributed by atoms with Gasteiger partial charge >= 0.3 is 5.97 Å². The standard InChI is InChI=1S/C13H26N2O2/c1-14(9-5-7-13(16)17)11-8-12-6-3-4-10-15(12)2/h12H,3-11H2,1-2H3,(H,16,17)/t12-/m1/s1. The van der Waals surface area contributed by atoms with Gasteiger partial charge in [0.1, 0.15) is 0 Å². The van der Waals surface area contributed by atoms with Crippen LogP contribution in [0.1, 0.15) is 38.5 Å². The lowest BCUT2D eigenvalue weighted by Crippen LogP contribution is -2.38. The lowest BCUT2D eigenvalue weighted by atomic mass is 10.00. The van der Waals surface area contributed by atoms with Crippen molar-refractivity contribution in [1.29, 1.82) is 0 Å². The van der Waals surface area contributed by atoms with Gasteiger partial charge in [-0.15, -0.1) is 0 Å². The summed E-state index contributed by atoms with van der Waals surface area (Å²) in [4.78, 5) is 15.1. The number of carboxylic acids is 1. The Morgan fingerprint density at radius 1 is 1.41 bits per heavy atom. The van der Waals surface area contributed by atoms with Gasteiger partial charge in [-0.25, -0.2) is 0 Å². The van der Waals surface area contributed by atoms with Crippen LogP contribution < -0.4 is 0 Å². The number of rotatable bonds is 7. The van der Waals surface area contributed by atoms with Gasteiger partial charge in [0.15, 0.2) is 0 Å². The molecule has 0 saturated carbocycles. The minimum atomic E-state index is -0.689. The van der Waals surface area contributed by atoms with E-state index in [1.165, 1.54) is 32.2 Å². The highest BCUT2D eigenvalue weighted by Crippen LogP contribution is 2.17. The highest BCUT2D eigenvalue weighted by Gasteiger charge is 2.18. The molecule has 0 spiro atoms. The smallest absolute Gasteiger partial charge is 0.303 e. The van der Waals surface area contributed by atoms with Gasteiger partial charge in [-0.1, -0.05) is 6.42 Å². The summed E-state index contributed by atoms with van der Waals surface area (Å²) < 4.78 is 0. The molecule has 0 aromatic carbocycles. The molecule has 0 amide bonds. The summed E-state index contributed by atoms with van der Waals surface area (Å²) >= 11 is 0. The SMILES string of the molecule is CN(CCCC(=O)O)CC[C@H]1CCCCN1C. The van der Waals surface area contributed by atoms with E-state index in [1.54, 1.807) is 0 Å². The van der Waals surface area contributed by atoms with Crippen molar-refractivity contribution >= 4 is 5.97 Å². The van der Waals surface area contributed by atoms with Crippen LogP contribution in [0, 0.1) is 0 Å². The summed E-state index contributed by atoms with van der Waals surface area (Å²) in [6.45, 7) is 3.20. The number of piperidine rings is 1. The fourth-order valence-corrected chi connectivity index (χ4v) is 2.49. The maximum absolute atomic E-state index is 10.4. The van der Waals surface area contributed by atoms with E-state index < -0.39 is 5.97 Å². The van der Waals surface area contributed by atoms with Crippen molar-refractivity contribution in [3.8, 4) is 0 Å². The largest absolute Gasteiger partial charge is 0.481 e. The third-order valence-electron chi connectivity index (χ3n) is 3.70. The van der Waals surface area contributed by atoms with Crippen LogP contribution in [0.5, 0.6) is 0 Å². The number of hydrogen-bond acceptors (Lipinski definition) is 3. The number of carboxylic acid groups (broad SMARTS) is 1. The van der Waals surface area contributed by atoms with Crippen molar-refractivity contribution < 1.29 is 9.90 Å². The van der Waals surface area contributed by atoms with Gasteiger partial charge in [0.25, 0.3) is 0 Å². The monoisotopic (exact) mass is 242 g/mol. The molecule has 4 heteroatoms. The Bertz CT molecular complexity index is 233. The highest BCUT2D eigenvalue weighted by atomic mass is 16.4. The molecule has 1 N–H and O–H groups in total. The number of likely N-dealkylation sites (tertiary alicyclic amines) is 1. The molecule has 0 aromatic rings. The Morgan fingerprint density at radius 3 is 2.82 bits per heavy atom. The molecule has 1 fully saturated rings. The Labute approximate surface area is 105 Å². The summed E-state index contributed by atoms with van der Waals surface area (Å²) in [5.41, 5.74) is 0. The minimum Gasteiger partial charge on any atom is -0.481 e. The van der Waals surface area contributed by atoms with E-state index in [1.807, 2.05) is 0 Å². The molecule has 1 aliphatic heterocycles. The normalized spacial score (nSPS) is 21.9. The fourth-order valence-electron chi connectivity index (χ4n) is 2.49. The van der Waals surface area contributed by atoms with E-state index in [2.05, 4.69) is 23.9 Å². The predicted molar refractivity (Wildman–Crippen MR) is 69.3 cm³/mol. The van der Waals surface area contributed by atoms with Crippen LogP contribution in [0.3, 0.4) is 0 Å². The van der Waals surface area contributed by atoms with Crippen LogP contribution in [0.15, 0.2) is 0 Å². The van der Waals surface area contributed by atoms with Gasteiger partial charge in [-0.3, -0.25) is 4.79 Å². The fraction of sp³-hybridized carbons (Fsp3) is 0.923. The number of hydrogen-bond donors (Lipinski definition) is 1. The molecule has 0 radical (unpaired) electrons. The Balaban J connectivity index is 2.09. The summed E-state index contributed by atoms with van der Waals surface area (Å²) in [7, 11) is 4.30. The second-order valence-corrected chi connectivity index (χ2v) is 5.22. The molecule has 0 aliphatic carbocycles. The van der Waals surface area contributed by atoms with Crippen molar-refractivity contribution in [2.45, 2.75) is 44.6 Å². The topological polar surface area (TPSA) is 43.8 Å². The zero-order chi connectivity index (χ0) is 12.7. The molecule has 0 unspecified atom stereocenters. The quantitative estimate of drug-likeness (QED) is 0.737. The van der Waals surface area contributed by atoms with Crippen molar-refractivity contribution in [3.05, 3.63) is 0 Å². The zero-order valence-corrected chi connectivity index (χ0v) is 11.2. The minimum absolute atomic E-state index is 0.285. The van der Waals surface area contributed by atoms with Crippen molar-refractivity contribution in [3.63, 3.8) is 0 Å². The van der Waals surface area contributed by atoms with Crippen LogP contribution in [-0.4, -0.2) is 60.6 Å². The van der Waals surface area contributed by atoms with Gasteiger partial charge in [0.2, 0.25) is 0 Å². The predicted octanol–water partition coefficient (Wildman–Crippen LogP) is 1.66. The first kappa shape index (κ1) is 14.5. The van der Waals surface area contributed by atoms with Gasteiger partial charge in [0, 0.05) is 12.5 Å². The van der Waals surface area contributed by atoms with Crippen molar-refractivity contribution in [2.24, 2.45) is 0 Å². The second-order valence-electron chi connectivity index (χ2n) is 5.22. The summed E-state index contributed by atoms with van der Waals surface area (Å²) in [6.07, 6.45) is 6.26.